The molecule has 0 bridgehead atoms. The summed E-state index contributed by atoms with van der Waals surface area (Å²) in [5.41, 5.74) is 2.78. The third-order valence-corrected chi connectivity index (χ3v) is 5.82. The van der Waals surface area contributed by atoms with Crippen LogP contribution in [-0.2, 0) is 19.6 Å². The molecular weight excluding hydrogens is 472 g/mol. The van der Waals surface area contributed by atoms with E-state index in [0.717, 1.165) is 33.9 Å². The fourth-order valence-corrected chi connectivity index (χ4v) is 3.63. The van der Waals surface area contributed by atoms with Gasteiger partial charge in [-0.1, -0.05) is 54.6 Å². The van der Waals surface area contributed by atoms with Gasteiger partial charge in [-0.05, 0) is 18.2 Å². The van der Waals surface area contributed by atoms with Gasteiger partial charge in [0.2, 0.25) is 5.82 Å². The van der Waals surface area contributed by atoms with Crippen molar-refractivity contribution in [1.82, 2.24) is 0 Å². The van der Waals surface area contributed by atoms with Crippen LogP contribution in [-0.4, -0.2) is 31.6 Å². The molecule has 0 saturated carbocycles. The van der Waals surface area contributed by atoms with Crippen LogP contribution in [0, 0.1) is 0 Å². The minimum absolute atomic E-state index is 0.329. The van der Waals surface area contributed by atoms with E-state index in [1.165, 1.54) is 0 Å². The second-order valence-corrected chi connectivity index (χ2v) is 8.49. The van der Waals surface area contributed by atoms with E-state index < -0.39 is 0 Å². The first kappa shape index (κ1) is 26.4. The maximum absolute atomic E-state index is 5.40. The number of nitrogens with zero attached hydrogens (tertiary/aromatic N) is 6. The van der Waals surface area contributed by atoms with Crippen LogP contribution < -0.4 is 14.2 Å². The summed E-state index contributed by atoms with van der Waals surface area (Å²) < 4.78 is 16.2. The molecule has 0 aliphatic heterocycles. The van der Waals surface area contributed by atoms with E-state index >= 15 is 0 Å². The Labute approximate surface area is 214 Å². The van der Waals surface area contributed by atoms with Crippen molar-refractivity contribution in [3.8, 4) is 17.2 Å². The van der Waals surface area contributed by atoms with Crippen molar-refractivity contribution < 1.29 is 14.2 Å². The minimum atomic E-state index is 0.329. The maximum atomic E-state index is 5.40. The van der Waals surface area contributed by atoms with E-state index in [4.69, 9.17) is 14.2 Å². The van der Waals surface area contributed by atoms with Gasteiger partial charge in [-0.25, -0.2) is 0 Å². The molecule has 0 heterocycles. The lowest BCUT2D eigenvalue weighted by Gasteiger charge is -2.05. The van der Waals surface area contributed by atoms with Crippen LogP contribution in [0.4, 0.5) is 0 Å². The molecule has 0 aliphatic rings. The molecule has 36 heavy (non-hydrogen) atoms. The van der Waals surface area contributed by atoms with Gasteiger partial charge >= 0.3 is 0 Å². The predicted molar refractivity (Wildman–Crippen MR) is 142 cm³/mol. The van der Waals surface area contributed by atoms with Gasteiger partial charge < -0.3 is 14.2 Å². The van der Waals surface area contributed by atoms with E-state index in [9.17, 15) is 0 Å². The molecule has 0 unspecified atom stereocenters. The summed E-state index contributed by atoms with van der Waals surface area (Å²) in [6.45, 7) is 1.05. The van der Waals surface area contributed by atoms with Gasteiger partial charge in [0.1, 0.15) is 17.2 Å². The largest absolute Gasteiger partial charge is 0.496 e. The lowest BCUT2D eigenvalue weighted by molar-refractivity contribution is 0.409. The molecule has 3 aromatic carbocycles. The molecule has 0 aliphatic carbocycles. The van der Waals surface area contributed by atoms with Crippen molar-refractivity contribution in [3.05, 3.63) is 101 Å². The highest BCUT2D eigenvalue weighted by Gasteiger charge is 2.05. The Balaban J connectivity index is 1.81. The molecule has 0 N–H and O–H groups in total. The van der Waals surface area contributed by atoms with Gasteiger partial charge in [0, 0.05) is 16.7 Å². The van der Waals surface area contributed by atoms with Crippen LogP contribution in [0.15, 0.2) is 115 Å². The van der Waals surface area contributed by atoms with Crippen LogP contribution in [0.3, 0.4) is 0 Å². The number of azo groups is 3. The van der Waals surface area contributed by atoms with Gasteiger partial charge in [-0.2, -0.15) is 20.5 Å². The van der Waals surface area contributed by atoms with E-state index in [0.29, 0.717) is 41.0 Å². The normalized spacial score (nSPS) is 11.4. The summed E-state index contributed by atoms with van der Waals surface area (Å²) >= 11 is 0. The Kier molecular flexibility index (Phi) is 10.5. The Morgan fingerprint density at radius 3 is 1.25 bits per heavy atom. The first-order valence-electron chi connectivity index (χ1n) is 11.3. The number of hydrogen-bond acceptors (Lipinski definition) is 9. The Hall–Kier alpha value is -4.18. The van der Waals surface area contributed by atoms with Crippen molar-refractivity contribution in [3.63, 3.8) is 0 Å². The molecule has 0 aromatic heterocycles. The molecule has 0 fully saturated rings. The molecular formula is C26H30N6O3Si. The number of methoxy groups -OCH3 is 3. The lowest BCUT2D eigenvalue weighted by Crippen LogP contribution is -1.91. The van der Waals surface area contributed by atoms with Crippen molar-refractivity contribution in [2.75, 3.05) is 21.3 Å². The molecule has 3 aromatic rings. The summed E-state index contributed by atoms with van der Waals surface area (Å²) in [7, 11) is 5.45. The van der Waals surface area contributed by atoms with E-state index in [-0.39, 0.29) is 0 Å². The molecule has 9 nitrogen and oxygen atoms in total. The lowest BCUT2D eigenvalue weighted by atomic mass is 10.2. The zero-order valence-electron chi connectivity index (χ0n) is 21.0. The third kappa shape index (κ3) is 7.67. The second kappa shape index (κ2) is 14.3. The standard InChI is InChI=1S/C26H30N6O3Si/c1-33-22-13-7-4-10-19(22)16-27-30-25(31-28-17-20-11-5-8-14-23(20)34-2)26(36)32-29-18-21-12-6-9-15-24(21)35-3/h4-15H,16-18H2,1-3,36H3. The average Bonchev–Trinajstić information content (AvgIpc) is 2.92. The number of hydrogen-bond donors (Lipinski definition) is 0. The quantitative estimate of drug-likeness (QED) is 0.243. The number of para-hydroxylation sites is 3. The topological polar surface area (TPSA) is 102 Å². The summed E-state index contributed by atoms with van der Waals surface area (Å²) in [5, 5.41) is 26.7. The SMILES string of the molecule is COc1ccccc1CN=NC([SiH3])=C(N=NCc1ccccc1OC)N=NCc1ccccc1OC. The first-order valence-corrected chi connectivity index (χ1v) is 12.3. The fraction of sp³-hybridized carbons (Fsp3) is 0.231. The summed E-state index contributed by atoms with van der Waals surface area (Å²) in [6.07, 6.45) is 0. The molecule has 0 saturated heterocycles. The van der Waals surface area contributed by atoms with E-state index in [1.54, 1.807) is 21.3 Å². The minimum Gasteiger partial charge on any atom is -0.496 e. The number of benzene rings is 3. The van der Waals surface area contributed by atoms with Gasteiger partial charge in [0.05, 0.1) is 56.5 Å². The van der Waals surface area contributed by atoms with Gasteiger partial charge in [0.25, 0.3) is 0 Å². The summed E-state index contributed by atoms with van der Waals surface area (Å²) in [6, 6.07) is 23.1. The van der Waals surface area contributed by atoms with Crippen molar-refractivity contribution in [1.29, 1.82) is 0 Å². The second-order valence-electron chi connectivity index (χ2n) is 7.54. The van der Waals surface area contributed by atoms with Crippen molar-refractivity contribution >= 4 is 10.2 Å². The molecule has 0 amide bonds. The predicted octanol–water partition coefficient (Wildman–Crippen LogP) is 5.46. The van der Waals surface area contributed by atoms with Crippen LogP contribution in [0.1, 0.15) is 16.7 Å². The van der Waals surface area contributed by atoms with Crippen LogP contribution in [0.25, 0.3) is 0 Å². The summed E-state index contributed by atoms with van der Waals surface area (Å²) in [5.74, 6) is 2.60. The highest BCUT2D eigenvalue weighted by atomic mass is 28.1. The highest BCUT2D eigenvalue weighted by molar-refractivity contribution is 6.21. The van der Waals surface area contributed by atoms with Gasteiger partial charge in [-0.3, -0.25) is 0 Å². The van der Waals surface area contributed by atoms with Gasteiger partial charge in [-0.15, -0.1) is 10.2 Å². The smallest absolute Gasteiger partial charge is 0.213 e. The zero-order valence-corrected chi connectivity index (χ0v) is 23.0. The third-order valence-electron chi connectivity index (χ3n) is 5.18. The molecule has 186 valence electrons. The molecule has 3 rings (SSSR count). The number of rotatable bonds is 12. The number of ether oxygens (including phenoxy) is 3. The summed E-state index contributed by atoms with van der Waals surface area (Å²) in [4.78, 5) is 0. The van der Waals surface area contributed by atoms with Crippen LogP contribution >= 0.6 is 0 Å². The molecule has 0 radical (unpaired) electrons. The zero-order chi connectivity index (χ0) is 25.6. The maximum Gasteiger partial charge on any atom is 0.213 e. The van der Waals surface area contributed by atoms with E-state index in [2.05, 4.69) is 30.7 Å². The molecule has 10 heteroatoms. The first-order chi connectivity index (χ1) is 17.7. The fourth-order valence-electron chi connectivity index (χ4n) is 3.28. The molecule has 0 atom stereocenters. The average molecular weight is 503 g/mol. The van der Waals surface area contributed by atoms with Crippen LogP contribution in [0.2, 0.25) is 0 Å². The monoisotopic (exact) mass is 502 g/mol. The van der Waals surface area contributed by atoms with E-state index in [1.807, 2.05) is 72.8 Å². The Morgan fingerprint density at radius 1 is 0.556 bits per heavy atom. The highest BCUT2D eigenvalue weighted by Crippen LogP contribution is 2.22. The van der Waals surface area contributed by atoms with Crippen LogP contribution in [0.5, 0.6) is 17.2 Å². The van der Waals surface area contributed by atoms with Crippen molar-refractivity contribution in [2.45, 2.75) is 19.6 Å². The Bertz CT molecular complexity index is 1200. The van der Waals surface area contributed by atoms with Gasteiger partial charge in [0.15, 0.2) is 0 Å². The van der Waals surface area contributed by atoms with Crippen molar-refractivity contribution in [2.24, 2.45) is 30.7 Å². The Morgan fingerprint density at radius 2 is 0.889 bits per heavy atom. The molecule has 0 spiro atoms.